The average Bonchev–Trinajstić information content (AvgIpc) is 3.48. The van der Waals surface area contributed by atoms with E-state index in [1.807, 2.05) is 12.1 Å². The van der Waals surface area contributed by atoms with E-state index in [2.05, 4.69) is 9.71 Å². The highest BCUT2D eigenvalue weighted by Gasteiger charge is 2.39. The summed E-state index contributed by atoms with van der Waals surface area (Å²) >= 11 is 0. The lowest BCUT2D eigenvalue weighted by molar-refractivity contribution is 0.0254. The zero-order valence-corrected chi connectivity index (χ0v) is 23.1. The van der Waals surface area contributed by atoms with Gasteiger partial charge in [-0.1, -0.05) is 31.0 Å². The van der Waals surface area contributed by atoms with E-state index in [1.54, 1.807) is 60.2 Å². The summed E-state index contributed by atoms with van der Waals surface area (Å²) in [7, 11) is -3.91. The van der Waals surface area contributed by atoms with E-state index in [4.69, 9.17) is 4.74 Å². The lowest BCUT2D eigenvalue weighted by Crippen LogP contribution is -2.58. The summed E-state index contributed by atoms with van der Waals surface area (Å²) in [5.74, 6) is 0.226. The van der Waals surface area contributed by atoms with Gasteiger partial charge in [-0.3, -0.25) is 14.5 Å². The smallest absolute Gasteiger partial charge is 0.410 e. The van der Waals surface area contributed by atoms with Crippen molar-refractivity contribution in [3.63, 3.8) is 0 Å². The standard InChI is InChI=1S/C29H34N4O5S/c1-3-38-29(35)33-17-16-32(19-25(33)21-8-4-5-9-21)28(34)23-13-14-24(20(2)18-23)31-39(36,37)26-12-6-10-22-11-7-15-30-27(22)26/h6-7,10-15,18,21,25,31H,3-5,8-9,16-17,19H2,1-2H3. The molecule has 1 N–H and O–H groups in total. The van der Waals surface area contributed by atoms with Crippen LogP contribution in [0.3, 0.4) is 0 Å². The SMILES string of the molecule is CCOC(=O)N1CCN(C(=O)c2ccc(NS(=O)(=O)c3cccc4cccnc34)c(C)c2)CC1C1CCCC1. The Kier molecular flexibility index (Phi) is 7.74. The number of amides is 2. The third-order valence-electron chi connectivity index (χ3n) is 7.76. The zero-order chi connectivity index (χ0) is 27.6. The molecule has 1 aliphatic carbocycles. The molecule has 2 aliphatic rings. The van der Waals surface area contributed by atoms with Crippen LogP contribution in [0, 0.1) is 12.8 Å². The molecule has 0 bridgehead atoms. The number of aryl methyl sites for hydroxylation is 1. The van der Waals surface area contributed by atoms with Gasteiger partial charge in [0, 0.05) is 36.8 Å². The first-order chi connectivity index (χ1) is 18.8. The number of carbonyl (C=O) groups is 2. The Hall–Kier alpha value is -3.66. The Bertz CT molecular complexity index is 1480. The molecule has 1 saturated carbocycles. The van der Waals surface area contributed by atoms with Crippen LogP contribution in [-0.4, -0.2) is 67.5 Å². The number of sulfonamides is 1. The summed E-state index contributed by atoms with van der Waals surface area (Å²) in [5, 5.41) is 0.733. The summed E-state index contributed by atoms with van der Waals surface area (Å²) in [5.41, 5.74) is 1.92. The van der Waals surface area contributed by atoms with E-state index in [0.29, 0.717) is 54.5 Å². The second kappa shape index (κ2) is 11.2. The predicted octanol–water partition coefficient (Wildman–Crippen LogP) is 4.82. The van der Waals surface area contributed by atoms with Gasteiger partial charge in [0.1, 0.15) is 4.90 Å². The number of nitrogens with zero attached hydrogens (tertiary/aromatic N) is 3. The summed E-state index contributed by atoms with van der Waals surface area (Å²) in [6.45, 7) is 5.21. The first-order valence-corrected chi connectivity index (χ1v) is 15.0. The molecule has 2 fully saturated rings. The molecule has 1 unspecified atom stereocenters. The molecule has 39 heavy (non-hydrogen) atoms. The topological polar surface area (TPSA) is 109 Å². The summed E-state index contributed by atoms with van der Waals surface area (Å²) in [4.78, 5) is 34.1. The van der Waals surface area contributed by atoms with Crippen molar-refractivity contribution in [2.75, 3.05) is 31.0 Å². The highest BCUT2D eigenvalue weighted by molar-refractivity contribution is 7.93. The van der Waals surface area contributed by atoms with Crippen LogP contribution in [0.15, 0.2) is 59.6 Å². The van der Waals surface area contributed by atoms with Crippen LogP contribution in [0.4, 0.5) is 10.5 Å². The summed E-state index contributed by atoms with van der Waals surface area (Å²) in [6.07, 6.45) is 5.62. The average molecular weight is 551 g/mol. The lowest BCUT2D eigenvalue weighted by atomic mass is 9.94. The normalized spacial score (nSPS) is 18.4. The molecule has 3 aromatic rings. The largest absolute Gasteiger partial charge is 0.450 e. The van der Waals surface area contributed by atoms with Crippen molar-refractivity contribution in [1.29, 1.82) is 0 Å². The van der Waals surface area contributed by atoms with Gasteiger partial charge in [0.05, 0.1) is 23.9 Å². The number of hydrogen-bond donors (Lipinski definition) is 1. The third-order valence-corrected chi connectivity index (χ3v) is 9.15. The maximum atomic E-state index is 13.5. The van der Waals surface area contributed by atoms with E-state index in [1.165, 1.54) is 6.07 Å². The number of ether oxygens (including phenoxy) is 1. The number of aromatic nitrogens is 1. The zero-order valence-electron chi connectivity index (χ0n) is 22.3. The number of piperazine rings is 1. The molecular formula is C29H34N4O5S. The van der Waals surface area contributed by atoms with E-state index >= 15 is 0 Å². The summed E-state index contributed by atoms with van der Waals surface area (Å²) in [6, 6.07) is 13.5. The van der Waals surface area contributed by atoms with E-state index in [0.717, 1.165) is 31.1 Å². The third kappa shape index (κ3) is 5.56. The number of anilines is 1. The molecule has 2 heterocycles. The second-order valence-electron chi connectivity index (χ2n) is 10.2. The monoisotopic (exact) mass is 550 g/mol. The molecule has 1 aliphatic heterocycles. The fraction of sp³-hybridized carbons (Fsp3) is 0.414. The van der Waals surface area contributed by atoms with Crippen molar-refractivity contribution in [1.82, 2.24) is 14.8 Å². The Balaban J connectivity index is 1.33. The van der Waals surface area contributed by atoms with Gasteiger partial charge in [0.25, 0.3) is 15.9 Å². The van der Waals surface area contributed by atoms with Gasteiger partial charge in [-0.2, -0.15) is 0 Å². The highest BCUT2D eigenvalue weighted by atomic mass is 32.2. The Morgan fingerprint density at radius 3 is 2.59 bits per heavy atom. The highest BCUT2D eigenvalue weighted by Crippen LogP contribution is 2.33. The van der Waals surface area contributed by atoms with Crippen molar-refractivity contribution in [3.05, 3.63) is 65.9 Å². The first kappa shape index (κ1) is 26.9. The van der Waals surface area contributed by atoms with Crippen LogP contribution in [0.25, 0.3) is 10.9 Å². The van der Waals surface area contributed by atoms with E-state index < -0.39 is 10.0 Å². The minimum absolute atomic E-state index is 0.0641. The fourth-order valence-electron chi connectivity index (χ4n) is 5.76. The number of nitrogens with one attached hydrogen (secondary N) is 1. The maximum Gasteiger partial charge on any atom is 0.410 e. The number of pyridine rings is 1. The molecule has 2 amide bonds. The minimum Gasteiger partial charge on any atom is -0.450 e. The van der Waals surface area contributed by atoms with Crippen LogP contribution in [-0.2, 0) is 14.8 Å². The van der Waals surface area contributed by atoms with Gasteiger partial charge in [-0.15, -0.1) is 0 Å². The lowest BCUT2D eigenvalue weighted by Gasteiger charge is -2.43. The number of hydrogen-bond acceptors (Lipinski definition) is 6. The number of fused-ring (bicyclic) bond motifs is 1. The molecule has 1 atom stereocenters. The maximum absolute atomic E-state index is 13.5. The molecule has 206 valence electrons. The van der Waals surface area contributed by atoms with E-state index in [9.17, 15) is 18.0 Å². The number of carbonyl (C=O) groups excluding carboxylic acids is 2. The van der Waals surface area contributed by atoms with Crippen LogP contribution < -0.4 is 4.72 Å². The molecule has 9 nitrogen and oxygen atoms in total. The Labute approximate surface area is 229 Å². The van der Waals surface area contributed by atoms with Crippen molar-refractivity contribution < 1.29 is 22.7 Å². The molecular weight excluding hydrogens is 516 g/mol. The molecule has 1 aromatic heterocycles. The Morgan fingerprint density at radius 2 is 1.85 bits per heavy atom. The Morgan fingerprint density at radius 1 is 1.08 bits per heavy atom. The van der Waals surface area contributed by atoms with Gasteiger partial charge in [-0.05, 0) is 68.5 Å². The van der Waals surface area contributed by atoms with Gasteiger partial charge < -0.3 is 14.5 Å². The molecule has 5 rings (SSSR count). The van der Waals surface area contributed by atoms with Crippen molar-refractivity contribution >= 4 is 38.6 Å². The molecule has 1 saturated heterocycles. The van der Waals surface area contributed by atoms with Crippen LogP contribution in [0.2, 0.25) is 0 Å². The van der Waals surface area contributed by atoms with Crippen LogP contribution >= 0.6 is 0 Å². The molecule has 2 aromatic carbocycles. The minimum atomic E-state index is -3.91. The predicted molar refractivity (Wildman–Crippen MR) is 149 cm³/mol. The number of para-hydroxylation sites is 1. The molecule has 0 spiro atoms. The summed E-state index contributed by atoms with van der Waals surface area (Å²) < 4.78 is 34.5. The van der Waals surface area contributed by atoms with Gasteiger partial charge >= 0.3 is 6.09 Å². The van der Waals surface area contributed by atoms with Gasteiger partial charge in [-0.25, -0.2) is 13.2 Å². The van der Waals surface area contributed by atoms with E-state index in [-0.39, 0.29) is 22.9 Å². The molecule has 0 radical (unpaired) electrons. The van der Waals surface area contributed by atoms with Gasteiger partial charge in [0.15, 0.2) is 0 Å². The van der Waals surface area contributed by atoms with Gasteiger partial charge in [0.2, 0.25) is 0 Å². The quantitative estimate of drug-likeness (QED) is 0.472. The van der Waals surface area contributed by atoms with Crippen LogP contribution in [0.5, 0.6) is 0 Å². The molecule has 10 heteroatoms. The number of rotatable bonds is 6. The number of benzene rings is 2. The second-order valence-corrected chi connectivity index (χ2v) is 11.9. The first-order valence-electron chi connectivity index (χ1n) is 13.5. The van der Waals surface area contributed by atoms with Crippen LogP contribution in [0.1, 0.15) is 48.5 Å². The van der Waals surface area contributed by atoms with Crippen molar-refractivity contribution in [3.8, 4) is 0 Å². The van der Waals surface area contributed by atoms with Crippen molar-refractivity contribution in [2.24, 2.45) is 5.92 Å². The van der Waals surface area contributed by atoms with Crippen molar-refractivity contribution in [2.45, 2.75) is 50.5 Å². The fourth-order valence-corrected chi connectivity index (χ4v) is 7.07.